The highest BCUT2D eigenvalue weighted by Crippen LogP contribution is 2.28. The topological polar surface area (TPSA) is 59.4 Å². The summed E-state index contributed by atoms with van der Waals surface area (Å²) in [7, 11) is 1.65. The van der Waals surface area contributed by atoms with Gasteiger partial charge >= 0.3 is 6.03 Å². The molecular weight excluding hydrogens is 316 g/mol. The zero-order valence-electron chi connectivity index (χ0n) is 15.0. The van der Waals surface area contributed by atoms with E-state index in [-0.39, 0.29) is 6.03 Å². The maximum Gasteiger partial charge on any atom is 0.322 e. The lowest BCUT2D eigenvalue weighted by molar-refractivity contribution is 0.153. The minimum absolute atomic E-state index is 0.0957. The first-order chi connectivity index (χ1) is 12.2. The smallest absolute Gasteiger partial charge is 0.322 e. The molecule has 0 aliphatic heterocycles. The van der Waals surface area contributed by atoms with E-state index in [0.717, 1.165) is 37.1 Å². The fourth-order valence-electron chi connectivity index (χ4n) is 3.27. The van der Waals surface area contributed by atoms with E-state index in [1.165, 1.54) is 11.1 Å². The van der Waals surface area contributed by atoms with Crippen LogP contribution in [0.4, 0.5) is 10.5 Å². The lowest BCUT2D eigenvalue weighted by Gasteiger charge is -2.23. The number of hydrogen-bond donors (Lipinski definition) is 1. The van der Waals surface area contributed by atoms with Gasteiger partial charge in [0.15, 0.2) is 0 Å². The molecule has 1 aliphatic rings. The Morgan fingerprint density at radius 1 is 1.40 bits per heavy atom. The van der Waals surface area contributed by atoms with Crippen molar-refractivity contribution in [2.45, 2.75) is 39.3 Å². The summed E-state index contributed by atoms with van der Waals surface area (Å²) in [5.74, 6) is 0. The number of urea groups is 1. The van der Waals surface area contributed by atoms with Crippen molar-refractivity contribution in [2.24, 2.45) is 0 Å². The molecule has 2 aromatic rings. The Bertz CT molecular complexity index is 726. The predicted octanol–water partition coefficient (Wildman–Crippen LogP) is 3.07. The number of nitrogens with one attached hydrogen (secondary N) is 1. The van der Waals surface area contributed by atoms with Crippen molar-refractivity contribution in [3.63, 3.8) is 0 Å². The van der Waals surface area contributed by atoms with Crippen LogP contribution in [0, 0.1) is 0 Å². The second-order valence-electron chi connectivity index (χ2n) is 6.35. The Balaban J connectivity index is 1.71. The average Bonchev–Trinajstić information content (AvgIpc) is 3.27. The van der Waals surface area contributed by atoms with Crippen LogP contribution >= 0.6 is 0 Å². The Labute approximate surface area is 148 Å². The molecule has 1 aromatic carbocycles. The zero-order chi connectivity index (χ0) is 17.6. The highest BCUT2D eigenvalue weighted by atomic mass is 16.5. The third-order valence-corrected chi connectivity index (χ3v) is 4.62. The van der Waals surface area contributed by atoms with Gasteiger partial charge in [-0.25, -0.2) is 4.79 Å². The van der Waals surface area contributed by atoms with Crippen molar-refractivity contribution in [3.05, 3.63) is 47.3 Å². The van der Waals surface area contributed by atoms with Gasteiger partial charge in [-0.2, -0.15) is 5.10 Å². The highest BCUT2D eigenvalue weighted by molar-refractivity contribution is 5.90. The molecule has 134 valence electrons. The van der Waals surface area contributed by atoms with Gasteiger partial charge in [0, 0.05) is 37.6 Å². The van der Waals surface area contributed by atoms with E-state index in [2.05, 4.69) is 16.5 Å². The molecule has 0 unspecified atom stereocenters. The highest BCUT2D eigenvalue weighted by Gasteiger charge is 2.19. The van der Waals surface area contributed by atoms with Crippen molar-refractivity contribution in [2.75, 3.05) is 25.6 Å². The molecule has 0 spiro atoms. The van der Waals surface area contributed by atoms with Crippen LogP contribution in [0.15, 0.2) is 30.6 Å². The summed E-state index contributed by atoms with van der Waals surface area (Å²) in [4.78, 5) is 14.6. The number of benzene rings is 1. The lowest BCUT2D eigenvalue weighted by atomic mass is 10.1. The first-order valence-electron chi connectivity index (χ1n) is 8.88. The van der Waals surface area contributed by atoms with Crippen LogP contribution in [-0.4, -0.2) is 41.0 Å². The molecule has 25 heavy (non-hydrogen) atoms. The van der Waals surface area contributed by atoms with Crippen LogP contribution in [0.5, 0.6) is 0 Å². The summed E-state index contributed by atoms with van der Waals surface area (Å²) in [6, 6.07) is 6.07. The molecular formula is C19H26N4O2. The van der Waals surface area contributed by atoms with Crippen LogP contribution in [0.25, 0.3) is 0 Å². The van der Waals surface area contributed by atoms with Gasteiger partial charge in [0.25, 0.3) is 0 Å². The fraction of sp³-hybridized carbons (Fsp3) is 0.474. The summed E-state index contributed by atoms with van der Waals surface area (Å²) in [6.07, 6.45) is 7.09. The number of anilines is 1. The van der Waals surface area contributed by atoms with Crippen LogP contribution in [0.1, 0.15) is 30.0 Å². The molecule has 0 atom stereocenters. The first-order valence-corrected chi connectivity index (χ1v) is 8.88. The van der Waals surface area contributed by atoms with Crippen molar-refractivity contribution >= 4 is 11.7 Å². The Morgan fingerprint density at radius 2 is 2.28 bits per heavy atom. The number of hydrogen-bond acceptors (Lipinski definition) is 3. The van der Waals surface area contributed by atoms with E-state index in [0.29, 0.717) is 19.7 Å². The van der Waals surface area contributed by atoms with Crippen LogP contribution in [0.3, 0.4) is 0 Å². The van der Waals surface area contributed by atoms with Gasteiger partial charge < -0.3 is 15.0 Å². The largest absolute Gasteiger partial charge is 0.383 e. The van der Waals surface area contributed by atoms with Crippen LogP contribution < -0.4 is 5.32 Å². The minimum Gasteiger partial charge on any atom is -0.383 e. The van der Waals surface area contributed by atoms with Crippen molar-refractivity contribution in [1.82, 2.24) is 14.7 Å². The van der Waals surface area contributed by atoms with Crippen molar-refractivity contribution < 1.29 is 9.53 Å². The van der Waals surface area contributed by atoms with Gasteiger partial charge in [-0.15, -0.1) is 0 Å². The Morgan fingerprint density at radius 3 is 3.04 bits per heavy atom. The van der Waals surface area contributed by atoms with E-state index in [1.807, 2.05) is 36.1 Å². The number of aryl methyl sites for hydroxylation is 2. The third kappa shape index (κ3) is 4.20. The second-order valence-corrected chi connectivity index (χ2v) is 6.35. The number of nitrogens with zero attached hydrogens (tertiary/aromatic N) is 3. The number of aromatic nitrogens is 2. The Kier molecular flexibility index (Phi) is 5.71. The number of carbonyl (C=O) groups excluding carboxylic acids is 1. The molecule has 0 saturated carbocycles. The predicted molar refractivity (Wildman–Crippen MR) is 97.7 cm³/mol. The third-order valence-electron chi connectivity index (χ3n) is 4.62. The monoisotopic (exact) mass is 342 g/mol. The SMILES string of the molecule is CCn1cc(CN(CCOC)C(=O)Nc2cccc3c2CCC3)cn1. The fourth-order valence-corrected chi connectivity index (χ4v) is 3.27. The molecule has 2 amide bonds. The summed E-state index contributed by atoms with van der Waals surface area (Å²) in [5, 5.41) is 7.38. The molecule has 0 radical (unpaired) electrons. The summed E-state index contributed by atoms with van der Waals surface area (Å²) < 4.78 is 7.04. The second kappa shape index (κ2) is 8.16. The van der Waals surface area contributed by atoms with E-state index in [9.17, 15) is 4.79 Å². The molecule has 0 saturated heterocycles. The van der Waals surface area contributed by atoms with E-state index < -0.39 is 0 Å². The molecule has 1 aromatic heterocycles. The van der Waals surface area contributed by atoms with Crippen LogP contribution in [-0.2, 0) is 30.7 Å². The maximum absolute atomic E-state index is 12.8. The molecule has 6 nitrogen and oxygen atoms in total. The van der Waals surface area contributed by atoms with Crippen LogP contribution in [0.2, 0.25) is 0 Å². The average molecular weight is 342 g/mol. The van der Waals surface area contributed by atoms with E-state index in [1.54, 1.807) is 12.0 Å². The molecule has 0 bridgehead atoms. The molecule has 6 heteroatoms. The summed E-state index contributed by atoms with van der Waals surface area (Å²) in [5.41, 5.74) is 4.59. The van der Waals surface area contributed by atoms with Gasteiger partial charge in [0.1, 0.15) is 0 Å². The minimum atomic E-state index is -0.0957. The normalized spacial score (nSPS) is 12.9. The van der Waals surface area contributed by atoms with Gasteiger partial charge in [-0.3, -0.25) is 4.68 Å². The lowest BCUT2D eigenvalue weighted by Crippen LogP contribution is -2.37. The van der Waals surface area contributed by atoms with Gasteiger partial charge in [0.05, 0.1) is 19.3 Å². The van der Waals surface area contributed by atoms with Crippen molar-refractivity contribution in [1.29, 1.82) is 0 Å². The van der Waals surface area contributed by atoms with E-state index in [4.69, 9.17) is 4.74 Å². The molecule has 1 heterocycles. The standard InChI is InChI=1S/C19H26N4O2/c1-3-23-14-15(12-20-23)13-22(10-11-25-2)19(24)21-18-9-5-7-16-6-4-8-17(16)18/h5,7,9,12,14H,3-4,6,8,10-11,13H2,1-2H3,(H,21,24). The summed E-state index contributed by atoms with van der Waals surface area (Å²) in [6.45, 7) is 4.42. The van der Waals surface area contributed by atoms with Gasteiger partial charge in [-0.1, -0.05) is 12.1 Å². The molecule has 0 fully saturated rings. The number of amides is 2. The quantitative estimate of drug-likeness (QED) is 0.841. The molecule has 1 aliphatic carbocycles. The number of carbonyl (C=O) groups is 1. The number of ether oxygens (including phenoxy) is 1. The molecule has 1 N–H and O–H groups in total. The number of methoxy groups -OCH3 is 1. The van der Waals surface area contributed by atoms with E-state index >= 15 is 0 Å². The first kappa shape index (κ1) is 17.5. The van der Waals surface area contributed by atoms with Gasteiger partial charge in [0.2, 0.25) is 0 Å². The molecule has 3 rings (SSSR count). The zero-order valence-corrected chi connectivity index (χ0v) is 15.0. The Hall–Kier alpha value is -2.34. The number of fused-ring (bicyclic) bond motifs is 1. The number of rotatable bonds is 7. The summed E-state index contributed by atoms with van der Waals surface area (Å²) >= 11 is 0. The maximum atomic E-state index is 12.8. The van der Waals surface area contributed by atoms with Gasteiger partial charge in [-0.05, 0) is 43.4 Å². The van der Waals surface area contributed by atoms with Crippen molar-refractivity contribution in [3.8, 4) is 0 Å².